The number of carbonyl (C=O) groups excluding carboxylic acids is 1. The highest BCUT2D eigenvalue weighted by molar-refractivity contribution is 9.10. The largest absolute Gasteiger partial charge is 0.351 e. The number of hydrogen-bond donors (Lipinski definition) is 2. The van der Waals surface area contributed by atoms with Crippen LogP contribution < -0.4 is 10.6 Å². The molecule has 0 fully saturated rings. The number of thiazole rings is 1. The van der Waals surface area contributed by atoms with Crippen LogP contribution in [0.3, 0.4) is 0 Å². The smallest absolute Gasteiger partial charge is 0.217 e. The van der Waals surface area contributed by atoms with Crippen molar-refractivity contribution in [3.8, 4) is 10.6 Å². The molecule has 0 aliphatic carbocycles. The van der Waals surface area contributed by atoms with Crippen molar-refractivity contribution in [3.63, 3.8) is 0 Å². The topological polar surface area (TPSA) is 54.0 Å². The molecule has 3 aromatic rings. The number of nitrogens with one attached hydrogen (secondary N) is 2. The van der Waals surface area contributed by atoms with E-state index in [0.29, 0.717) is 6.54 Å². The molecule has 1 amide bonds. The number of anilines is 2. The number of hydrogen-bond acceptors (Lipinski definition) is 5. The lowest BCUT2D eigenvalue weighted by atomic mass is 10.3. The van der Waals surface area contributed by atoms with Crippen molar-refractivity contribution in [1.82, 2.24) is 10.3 Å². The molecule has 23 heavy (non-hydrogen) atoms. The molecule has 1 aromatic carbocycles. The highest BCUT2D eigenvalue weighted by Crippen LogP contribution is 2.32. The number of benzene rings is 1. The molecule has 0 atom stereocenters. The van der Waals surface area contributed by atoms with Crippen LogP contribution in [-0.4, -0.2) is 10.9 Å². The van der Waals surface area contributed by atoms with E-state index in [4.69, 9.17) is 0 Å². The fourth-order valence-electron chi connectivity index (χ4n) is 1.96. The maximum Gasteiger partial charge on any atom is 0.217 e. The van der Waals surface area contributed by atoms with Gasteiger partial charge in [0.05, 0.1) is 17.1 Å². The molecule has 2 aromatic heterocycles. The van der Waals surface area contributed by atoms with Crippen LogP contribution in [0.4, 0.5) is 10.8 Å². The Labute approximate surface area is 150 Å². The Morgan fingerprint density at radius 1 is 1.30 bits per heavy atom. The minimum Gasteiger partial charge on any atom is -0.351 e. The van der Waals surface area contributed by atoms with Gasteiger partial charge >= 0.3 is 0 Å². The van der Waals surface area contributed by atoms with Crippen molar-refractivity contribution >= 4 is 55.3 Å². The van der Waals surface area contributed by atoms with E-state index in [1.807, 2.05) is 41.8 Å². The van der Waals surface area contributed by atoms with Crippen molar-refractivity contribution in [2.75, 3.05) is 5.32 Å². The lowest BCUT2D eigenvalue weighted by Gasteiger charge is -2.02. The summed E-state index contributed by atoms with van der Waals surface area (Å²) in [6.07, 6.45) is 0. The van der Waals surface area contributed by atoms with Crippen LogP contribution in [0.15, 0.2) is 46.3 Å². The van der Waals surface area contributed by atoms with Gasteiger partial charge < -0.3 is 10.6 Å². The number of rotatable bonds is 5. The van der Waals surface area contributed by atoms with Crippen LogP contribution in [0.2, 0.25) is 0 Å². The van der Waals surface area contributed by atoms with Gasteiger partial charge in [0.1, 0.15) is 0 Å². The van der Waals surface area contributed by atoms with Crippen molar-refractivity contribution in [1.29, 1.82) is 0 Å². The van der Waals surface area contributed by atoms with Gasteiger partial charge in [0.15, 0.2) is 5.13 Å². The Morgan fingerprint density at radius 2 is 2.17 bits per heavy atom. The van der Waals surface area contributed by atoms with Crippen LogP contribution >= 0.6 is 38.6 Å². The van der Waals surface area contributed by atoms with E-state index in [0.717, 1.165) is 30.7 Å². The van der Waals surface area contributed by atoms with Gasteiger partial charge in [0.2, 0.25) is 5.91 Å². The van der Waals surface area contributed by atoms with E-state index in [2.05, 4.69) is 31.5 Å². The summed E-state index contributed by atoms with van der Waals surface area (Å²) < 4.78 is 1.03. The summed E-state index contributed by atoms with van der Waals surface area (Å²) in [6.45, 7) is 2.09. The lowest BCUT2D eigenvalue weighted by Crippen LogP contribution is -2.17. The van der Waals surface area contributed by atoms with Gasteiger partial charge in [0, 0.05) is 27.3 Å². The molecule has 3 rings (SSSR count). The van der Waals surface area contributed by atoms with E-state index >= 15 is 0 Å². The predicted molar refractivity (Wildman–Crippen MR) is 100 cm³/mol. The average molecular weight is 408 g/mol. The third-order valence-corrected chi connectivity index (χ3v) is 5.36. The molecule has 0 radical (unpaired) electrons. The number of thiophene rings is 1. The first-order valence-electron chi connectivity index (χ1n) is 6.92. The van der Waals surface area contributed by atoms with E-state index < -0.39 is 0 Å². The number of nitrogens with zero attached hydrogens (tertiary/aromatic N) is 1. The van der Waals surface area contributed by atoms with Crippen LogP contribution in [-0.2, 0) is 11.3 Å². The summed E-state index contributed by atoms with van der Waals surface area (Å²) in [5.41, 5.74) is 1.95. The third kappa shape index (κ3) is 4.40. The van der Waals surface area contributed by atoms with Crippen molar-refractivity contribution < 1.29 is 4.79 Å². The van der Waals surface area contributed by atoms with Gasteiger partial charge in [-0.25, -0.2) is 4.98 Å². The molecule has 0 saturated heterocycles. The maximum absolute atomic E-state index is 11.0. The van der Waals surface area contributed by atoms with Gasteiger partial charge in [-0.2, -0.15) is 0 Å². The molecular weight excluding hydrogens is 394 g/mol. The molecule has 0 bridgehead atoms. The Hall–Kier alpha value is -1.70. The second-order valence-corrected chi connectivity index (χ2v) is 7.79. The summed E-state index contributed by atoms with van der Waals surface area (Å²) in [5, 5.41) is 9.01. The van der Waals surface area contributed by atoms with E-state index in [9.17, 15) is 4.79 Å². The highest BCUT2D eigenvalue weighted by atomic mass is 79.9. The summed E-state index contributed by atoms with van der Waals surface area (Å²) in [4.78, 5) is 17.8. The minimum absolute atomic E-state index is 0.0193. The normalized spacial score (nSPS) is 10.5. The molecule has 0 aliphatic heterocycles. The molecular formula is C16H14BrN3OS2. The summed E-state index contributed by atoms with van der Waals surface area (Å²) in [6, 6.07) is 12.0. The molecule has 0 aliphatic rings. The molecule has 2 N–H and O–H groups in total. The zero-order valence-corrected chi connectivity index (χ0v) is 15.5. The van der Waals surface area contributed by atoms with Crippen molar-refractivity contribution in [3.05, 3.63) is 51.1 Å². The summed E-state index contributed by atoms with van der Waals surface area (Å²) >= 11 is 6.68. The van der Waals surface area contributed by atoms with Gasteiger partial charge in [-0.1, -0.05) is 22.0 Å². The maximum atomic E-state index is 11.0. The average Bonchev–Trinajstić information content (AvgIpc) is 3.14. The fraction of sp³-hybridized carbons (Fsp3) is 0.125. The first-order valence-corrected chi connectivity index (χ1v) is 9.41. The van der Waals surface area contributed by atoms with E-state index in [-0.39, 0.29) is 5.91 Å². The Balaban J connectivity index is 1.70. The second-order valence-electron chi connectivity index (χ2n) is 4.85. The van der Waals surface area contributed by atoms with Gasteiger partial charge in [0.25, 0.3) is 0 Å². The number of aromatic nitrogens is 1. The molecule has 4 nitrogen and oxygen atoms in total. The first-order chi connectivity index (χ1) is 11.1. The summed E-state index contributed by atoms with van der Waals surface area (Å²) in [5.74, 6) is -0.0193. The SMILES string of the molecule is CC(=O)NCc1ccc(-c2csc(Nc3cccc(Br)c3)n2)s1. The van der Waals surface area contributed by atoms with Gasteiger partial charge in [-0.3, -0.25) is 4.79 Å². The minimum atomic E-state index is -0.0193. The highest BCUT2D eigenvalue weighted by Gasteiger charge is 2.08. The van der Waals surface area contributed by atoms with Crippen LogP contribution in [0.5, 0.6) is 0 Å². The fourth-order valence-corrected chi connectivity index (χ4v) is 4.07. The first kappa shape index (κ1) is 16.2. The third-order valence-electron chi connectivity index (χ3n) is 3.01. The molecule has 2 heterocycles. The number of carbonyl (C=O) groups is 1. The number of halogens is 1. The quantitative estimate of drug-likeness (QED) is 0.624. The van der Waals surface area contributed by atoms with Gasteiger partial charge in [-0.15, -0.1) is 22.7 Å². The van der Waals surface area contributed by atoms with Crippen LogP contribution in [0, 0.1) is 0 Å². The van der Waals surface area contributed by atoms with Gasteiger partial charge in [-0.05, 0) is 30.3 Å². The molecule has 0 spiro atoms. The Kier molecular flexibility index (Phi) is 5.09. The Bertz CT molecular complexity index is 828. The standard InChI is InChI=1S/C16H14BrN3OS2/c1-10(21)18-8-13-5-6-15(23-13)14-9-22-16(20-14)19-12-4-2-3-11(17)7-12/h2-7,9H,8H2,1H3,(H,18,21)(H,19,20). The zero-order chi connectivity index (χ0) is 16.2. The zero-order valence-electron chi connectivity index (χ0n) is 12.3. The predicted octanol–water partition coefficient (Wildman–Crippen LogP) is 5.01. The number of amides is 1. The lowest BCUT2D eigenvalue weighted by molar-refractivity contribution is -0.119. The monoisotopic (exact) mass is 407 g/mol. The summed E-state index contributed by atoms with van der Waals surface area (Å²) in [7, 11) is 0. The van der Waals surface area contributed by atoms with Crippen molar-refractivity contribution in [2.45, 2.75) is 13.5 Å². The Morgan fingerprint density at radius 3 is 2.96 bits per heavy atom. The van der Waals surface area contributed by atoms with Crippen LogP contribution in [0.1, 0.15) is 11.8 Å². The van der Waals surface area contributed by atoms with Crippen LogP contribution in [0.25, 0.3) is 10.6 Å². The molecule has 0 saturated carbocycles. The van der Waals surface area contributed by atoms with Crippen molar-refractivity contribution in [2.24, 2.45) is 0 Å². The molecule has 0 unspecified atom stereocenters. The molecule has 7 heteroatoms. The van der Waals surface area contributed by atoms with E-state index in [1.54, 1.807) is 22.7 Å². The second kappa shape index (κ2) is 7.25. The van der Waals surface area contributed by atoms with E-state index in [1.165, 1.54) is 6.92 Å². The molecule has 118 valence electrons.